The van der Waals surface area contributed by atoms with Crippen molar-refractivity contribution in [1.82, 2.24) is 4.90 Å². The van der Waals surface area contributed by atoms with E-state index in [2.05, 4.69) is 9.89 Å². The van der Waals surface area contributed by atoms with Crippen LogP contribution in [0.2, 0.25) is 0 Å². The molecular formula is C9H17N3O2. The Morgan fingerprint density at radius 2 is 1.79 bits per heavy atom. The minimum Gasteiger partial charge on any atom is -0.377 e. The first kappa shape index (κ1) is 9.73. The third kappa shape index (κ3) is 1.69. The van der Waals surface area contributed by atoms with Crippen LogP contribution in [-0.2, 0) is 9.47 Å². The molecule has 0 aliphatic carbocycles. The van der Waals surface area contributed by atoms with Gasteiger partial charge in [0.05, 0.1) is 38.5 Å². The summed E-state index contributed by atoms with van der Waals surface area (Å²) >= 11 is 0. The lowest BCUT2D eigenvalue weighted by atomic mass is 10.1. The Morgan fingerprint density at radius 3 is 2.21 bits per heavy atom. The summed E-state index contributed by atoms with van der Waals surface area (Å²) in [5.41, 5.74) is 5.91. The first-order valence-electron chi connectivity index (χ1n) is 5.06. The Hall–Kier alpha value is -0.810. The van der Waals surface area contributed by atoms with Crippen molar-refractivity contribution in [2.24, 2.45) is 10.7 Å². The van der Waals surface area contributed by atoms with Gasteiger partial charge in [0.25, 0.3) is 0 Å². The molecule has 2 heterocycles. The number of hydrogen-bond acceptors (Lipinski definition) is 3. The average molecular weight is 199 g/mol. The second kappa shape index (κ2) is 4.14. The normalized spacial score (nSPS) is 33.2. The third-order valence-corrected chi connectivity index (χ3v) is 2.61. The highest BCUT2D eigenvalue weighted by molar-refractivity contribution is 5.79. The SMILES string of the molecule is CCN=C(N)N1C2COCC1COC2. The molecule has 2 aliphatic rings. The van der Waals surface area contributed by atoms with Gasteiger partial charge in [0, 0.05) is 6.54 Å². The highest BCUT2D eigenvalue weighted by Gasteiger charge is 2.36. The molecular weight excluding hydrogens is 182 g/mol. The molecule has 0 amide bonds. The van der Waals surface area contributed by atoms with Gasteiger partial charge in [0.15, 0.2) is 5.96 Å². The van der Waals surface area contributed by atoms with E-state index in [1.54, 1.807) is 0 Å². The van der Waals surface area contributed by atoms with Crippen LogP contribution in [0.25, 0.3) is 0 Å². The van der Waals surface area contributed by atoms with Crippen LogP contribution in [-0.4, -0.2) is 55.9 Å². The van der Waals surface area contributed by atoms with Crippen molar-refractivity contribution in [3.8, 4) is 0 Å². The van der Waals surface area contributed by atoms with Gasteiger partial charge in [-0.2, -0.15) is 0 Å². The molecule has 0 unspecified atom stereocenters. The number of ether oxygens (including phenoxy) is 2. The first-order chi connectivity index (χ1) is 6.83. The van der Waals surface area contributed by atoms with E-state index in [4.69, 9.17) is 15.2 Å². The van der Waals surface area contributed by atoms with Crippen LogP contribution in [0, 0.1) is 0 Å². The van der Waals surface area contributed by atoms with Crippen LogP contribution in [0.1, 0.15) is 6.92 Å². The summed E-state index contributed by atoms with van der Waals surface area (Å²) in [6, 6.07) is 0.496. The summed E-state index contributed by atoms with van der Waals surface area (Å²) in [6.07, 6.45) is 0. The van der Waals surface area contributed by atoms with Crippen LogP contribution < -0.4 is 5.73 Å². The van der Waals surface area contributed by atoms with Crippen molar-refractivity contribution in [3.63, 3.8) is 0 Å². The zero-order valence-corrected chi connectivity index (χ0v) is 8.48. The van der Waals surface area contributed by atoms with Crippen molar-refractivity contribution in [2.45, 2.75) is 19.0 Å². The molecule has 2 bridgehead atoms. The molecule has 0 radical (unpaired) electrons. The number of guanidine groups is 1. The molecule has 2 fully saturated rings. The summed E-state index contributed by atoms with van der Waals surface area (Å²) < 4.78 is 10.9. The van der Waals surface area contributed by atoms with Crippen LogP contribution in [0.4, 0.5) is 0 Å². The van der Waals surface area contributed by atoms with Crippen molar-refractivity contribution < 1.29 is 9.47 Å². The van der Waals surface area contributed by atoms with Crippen molar-refractivity contribution in [1.29, 1.82) is 0 Å². The standard InChI is InChI=1S/C9H17N3O2/c1-2-11-9(10)12-7-3-13-5-8(12)6-14-4-7/h7-8H,2-6H2,1H3,(H2,10,11). The molecule has 2 rings (SSSR count). The van der Waals surface area contributed by atoms with E-state index in [9.17, 15) is 0 Å². The number of aliphatic imine (C=N–C) groups is 1. The van der Waals surface area contributed by atoms with Crippen LogP contribution >= 0.6 is 0 Å². The van der Waals surface area contributed by atoms with Crippen LogP contribution in [0.15, 0.2) is 4.99 Å². The molecule has 0 saturated carbocycles. The molecule has 2 aliphatic heterocycles. The lowest BCUT2D eigenvalue weighted by Crippen LogP contribution is -2.63. The fourth-order valence-electron chi connectivity index (χ4n) is 2.01. The number of fused-ring (bicyclic) bond motifs is 2. The smallest absolute Gasteiger partial charge is 0.192 e. The third-order valence-electron chi connectivity index (χ3n) is 2.61. The molecule has 0 atom stereocenters. The van der Waals surface area contributed by atoms with E-state index in [0.717, 1.165) is 6.54 Å². The summed E-state index contributed by atoms with van der Waals surface area (Å²) in [6.45, 7) is 5.48. The summed E-state index contributed by atoms with van der Waals surface area (Å²) in [4.78, 5) is 6.39. The van der Waals surface area contributed by atoms with Gasteiger partial charge in [-0.05, 0) is 6.92 Å². The molecule has 0 aromatic carbocycles. The highest BCUT2D eigenvalue weighted by atomic mass is 16.5. The Kier molecular flexibility index (Phi) is 2.88. The van der Waals surface area contributed by atoms with E-state index in [1.165, 1.54) is 0 Å². The monoisotopic (exact) mass is 199 g/mol. The van der Waals surface area contributed by atoms with Gasteiger partial charge in [-0.15, -0.1) is 0 Å². The number of rotatable bonds is 1. The molecule has 0 aromatic rings. The molecule has 5 heteroatoms. The summed E-state index contributed by atoms with van der Waals surface area (Å²) in [7, 11) is 0. The van der Waals surface area contributed by atoms with Gasteiger partial charge in [0.1, 0.15) is 0 Å². The fourth-order valence-corrected chi connectivity index (χ4v) is 2.01. The number of nitrogens with zero attached hydrogens (tertiary/aromatic N) is 2. The summed E-state index contributed by atoms with van der Waals surface area (Å²) in [5.74, 6) is 0.633. The second-order valence-electron chi connectivity index (χ2n) is 3.62. The molecule has 5 nitrogen and oxygen atoms in total. The minimum absolute atomic E-state index is 0.248. The quantitative estimate of drug-likeness (QED) is 0.453. The van der Waals surface area contributed by atoms with Crippen molar-refractivity contribution in [3.05, 3.63) is 0 Å². The number of nitrogens with two attached hydrogens (primary N) is 1. The molecule has 0 aromatic heterocycles. The van der Waals surface area contributed by atoms with E-state index < -0.39 is 0 Å². The van der Waals surface area contributed by atoms with E-state index >= 15 is 0 Å². The largest absolute Gasteiger partial charge is 0.377 e. The topological polar surface area (TPSA) is 60.1 Å². The lowest BCUT2D eigenvalue weighted by Gasteiger charge is -2.45. The van der Waals surface area contributed by atoms with E-state index in [-0.39, 0.29) is 12.1 Å². The maximum atomic E-state index is 5.91. The maximum Gasteiger partial charge on any atom is 0.192 e. The molecule has 14 heavy (non-hydrogen) atoms. The van der Waals surface area contributed by atoms with Gasteiger partial charge in [0.2, 0.25) is 0 Å². The fraction of sp³-hybridized carbons (Fsp3) is 0.889. The van der Waals surface area contributed by atoms with Gasteiger partial charge < -0.3 is 20.1 Å². The van der Waals surface area contributed by atoms with Gasteiger partial charge in [-0.3, -0.25) is 4.99 Å². The van der Waals surface area contributed by atoms with Crippen molar-refractivity contribution >= 4 is 5.96 Å². The lowest BCUT2D eigenvalue weighted by molar-refractivity contribution is -0.109. The van der Waals surface area contributed by atoms with Crippen LogP contribution in [0.3, 0.4) is 0 Å². The van der Waals surface area contributed by atoms with Crippen LogP contribution in [0.5, 0.6) is 0 Å². The Balaban J connectivity index is 2.11. The zero-order valence-electron chi connectivity index (χ0n) is 8.48. The maximum absolute atomic E-state index is 5.91. The first-order valence-corrected chi connectivity index (χ1v) is 5.06. The summed E-state index contributed by atoms with van der Waals surface area (Å²) in [5, 5.41) is 0. The predicted octanol–water partition coefficient (Wildman–Crippen LogP) is -0.579. The molecule has 0 spiro atoms. The van der Waals surface area contributed by atoms with E-state index in [0.29, 0.717) is 32.4 Å². The van der Waals surface area contributed by atoms with Gasteiger partial charge in [-0.25, -0.2) is 0 Å². The predicted molar refractivity (Wildman–Crippen MR) is 53.2 cm³/mol. The molecule has 2 saturated heterocycles. The number of morpholine rings is 2. The van der Waals surface area contributed by atoms with Gasteiger partial charge in [-0.1, -0.05) is 0 Å². The highest BCUT2D eigenvalue weighted by Crippen LogP contribution is 2.18. The molecule has 80 valence electrons. The Morgan fingerprint density at radius 1 is 1.29 bits per heavy atom. The second-order valence-corrected chi connectivity index (χ2v) is 3.62. The average Bonchev–Trinajstić information content (AvgIpc) is 2.17. The Labute approximate surface area is 83.9 Å². The number of hydrogen-bond donors (Lipinski definition) is 1. The molecule has 2 N–H and O–H groups in total. The Bertz CT molecular complexity index is 210. The van der Waals surface area contributed by atoms with Crippen molar-refractivity contribution in [2.75, 3.05) is 33.0 Å². The minimum atomic E-state index is 0.248. The van der Waals surface area contributed by atoms with Gasteiger partial charge >= 0.3 is 0 Å². The zero-order chi connectivity index (χ0) is 9.97. The van der Waals surface area contributed by atoms with E-state index in [1.807, 2.05) is 6.92 Å².